The second-order valence-electron chi connectivity index (χ2n) is 8.92. The van der Waals surface area contributed by atoms with Gasteiger partial charge in [-0.1, -0.05) is 156 Å². The minimum absolute atomic E-state index is 0. The summed E-state index contributed by atoms with van der Waals surface area (Å²) in [5, 5.41) is 0. The van der Waals surface area contributed by atoms with Gasteiger partial charge in [0.25, 0.3) is 0 Å². The summed E-state index contributed by atoms with van der Waals surface area (Å²) in [5.41, 5.74) is 0. The molecule has 194 valence electrons. The molecule has 32 heavy (non-hydrogen) atoms. The standard InChI is InChI=1S/3C10H21.Hf.H2O/c3*1-3-5-7-9-10-8-6-4-2;;/h3*1,3-10H2,2H3;;1H2/q3*-1;+4;/p-1. The van der Waals surface area contributed by atoms with Gasteiger partial charge in [-0.3, -0.25) is 0 Å². The number of unbranched alkanes of at least 4 members (excludes halogenated alkanes) is 21. The summed E-state index contributed by atoms with van der Waals surface area (Å²) < 4.78 is 0. The van der Waals surface area contributed by atoms with Crippen LogP contribution in [-0.4, -0.2) is 5.48 Å². The van der Waals surface area contributed by atoms with Gasteiger partial charge in [-0.15, -0.1) is 0 Å². The monoisotopic (exact) mass is 620 g/mol. The fourth-order valence-corrected chi connectivity index (χ4v) is 3.40. The van der Waals surface area contributed by atoms with Crippen LogP contribution < -0.4 is 0 Å². The van der Waals surface area contributed by atoms with Crippen LogP contribution in [0.2, 0.25) is 0 Å². The Morgan fingerprint density at radius 2 is 0.469 bits per heavy atom. The van der Waals surface area contributed by atoms with Crippen molar-refractivity contribution in [1.29, 1.82) is 0 Å². The number of hydrogen-bond donors (Lipinski definition) is 0. The quantitative estimate of drug-likeness (QED) is 0.0714. The molecule has 0 aliphatic carbocycles. The van der Waals surface area contributed by atoms with E-state index < -0.39 is 0 Å². The van der Waals surface area contributed by atoms with E-state index in [1.807, 2.05) is 0 Å². The largest absolute Gasteiger partial charge is 4.00 e. The van der Waals surface area contributed by atoms with Crippen LogP contribution in [0, 0.1) is 20.8 Å². The van der Waals surface area contributed by atoms with Crippen molar-refractivity contribution in [2.45, 2.75) is 175 Å². The van der Waals surface area contributed by atoms with Gasteiger partial charge < -0.3 is 26.2 Å². The number of rotatable bonds is 21. The molecule has 0 rings (SSSR count). The Bertz CT molecular complexity index is 171. The van der Waals surface area contributed by atoms with Crippen molar-refractivity contribution in [1.82, 2.24) is 0 Å². The van der Waals surface area contributed by atoms with Crippen LogP contribution in [0.3, 0.4) is 0 Å². The Balaban J connectivity index is -0.000000110. The minimum Gasteiger partial charge on any atom is -0.870 e. The molecule has 0 atom stereocenters. The fraction of sp³-hybridized carbons (Fsp3) is 0.900. The SMILES string of the molecule is [CH2-]CCCCCCCCC.[CH2-]CCCCCCCCC.[CH2-]CCCCCCCCC.[Hf+4].[OH-]. The van der Waals surface area contributed by atoms with Crippen molar-refractivity contribution in [3.63, 3.8) is 0 Å². The molecule has 0 radical (unpaired) electrons. The van der Waals surface area contributed by atoms with Crippen molar-refractivity contribution in [2.75, 3.05) is 0 Å². The molecule has 0 amide bonds. The Hall–Kier alpha value is 0.830. The molecule has 0 bridgehead atoms. The van der Waals surface area contributed by atoms with Gasteiger partial charge in [0.2, 0.25) is 0 Å². The smallest absolute Gasteiger partial charge is 0.870 e. The summed E-state index contributed by atoms with van der Waals surface area (Å²) in [5.74, 6) is 0. The van der Waals surface area contributed by atoms with Crippen LogP contribution in [0.25, 0.3) is 0 Å². The van der Waals surface area contributed by atoms with Gasteiger partial charge in [-0.05, 0) is 0 Å². The maximum atomic E-state index is 3.82. The van der Waals surface area contributed by atoms with Crippen LogP contribution in [0.1, 0.15) is 175 Å². The normalized spacial score (nSPS) is 9.56. The predicted octanol–water partition coefficient (Wildman–Crippen LogP) is 11.7. The summed E-state index contributed by atoms with van der Waals surface area (Å²) in [6.07, 6.45) is 32.8. The van der Waals surface area contributed by atoms with Gasteiger partial charge in [0, 0.05) is 0 Å². The molecule has 0 aromatic carbocycles. The molecule has 0 aromatic rings. The maximum absolute atomic E-state index is 3.82. The van der Waals surface area contributed by atoms with E-state index >= 15 is 0 Å². The second kappa shape index (κ2) is 49.1. The minimum atomic E-state index is 0. The molecule has 1 N–H and O–H groups in total. The summed E-state index contributed by atoms with van der Waals surface area (Å²) in [6, 6.07) is 0. The molecule has 0 saturated heterocycles. The van der Waals surface area contributed by atoms with Crippen molar-refractivity contribution < 1.29 is 31.3 Å². The van der Waals surface area contributed by atoms with E-state index in [-0.39, 0.29) is 31.3 Å². The predicted molar refractivity (Wildman–Crippen MR) is 146 cm³/mol. The molecule has 0 aromatic heterocycles. The van der Waals surface area contributed by atoms with Crippen molar-refractivity contribution in [2.24, 2.45) is 0 Å². The van der Waals surface area contributed by atoms with Gasteiger partial charge in [-0.25, -0.2) is 0 Å². The first-order chi connectivity index (χ1) is 14.7. The summed E-state index contributed by atoms with van der Waals surface area (Å²) in [7, 11) is 0. The molecule has 0 unspecified atom stereocenters. The first-order valence-electron chi connectivity index (χ1n) is 14.1. The van der Waals surface area contributed by atoms with Gasteiger partial charge in [-0.2, -0.15) is 19.3 Å². The van der Waals surface area contributed by atoms with E-state index in [1.54, 1.807) is 0 Å². The van der Waals surface area contributed by atoms with Crippen molar-refractivity contribution in [3.8, 4) is 0 Å². The van der Waals surface area contributed by atoms with Gasteiger partial charge in [0.15, 0.2) is 0 Å². The van der Waals surface area contributed by atoms with Crippen LogP contribution in [0.5, 0.6) is 0 Å². The molecule has 0 aliphatic rings. The average Bonchev–Trinajstić information content (AvgIpc) is 2.77. The van der Waals surface area contributed by atoms with Crippen LogP contribution >= 0.6 is 0 Å². The zero-order valence-electron chi connectivity index (χ0n) is 23.0. The van der Waals surface area contributed by atoms with E-state index in [1.165, 1.54) is 135 Å². The third-order valence-electron chi connectivity index (χ3n) is 5.56. The van der Waals surface area contributed by atoms with Crippen molar-refractivity contribution in [3.05, 3.63) is 20.8 Å². The van der Waals surface area contributed by atoms with Crippen LogP contribution in [0.15, 0.2) is 0 Å². The summed E-state index contributed by atoms with van der Waals surface area (Å²) in [6.45, 7) is 18.2. The van der Waals surface area contributed by atoms with E-state index in [4.69, 9.17) is 0 Å². The molecule has 0 saturated carbocycles. The molecule has 0 fully saturated rings. The van der Waals surface area contributed by atoms with Crippen LogP contribution in [0.4, 0.5) is 0 Å². The van der Waals surface area contributed by atoms with Gasteiger partial charge >= 0.3 is 25.8 Å². The van der Waals surface area contributed by atoms with Gasteiger partial charge in [0.05, 0.1) is 0 Å². The van der Waals surface area contributed by atoms with E-state index in [9.17, 15) is 0 Å². The number of hydrogen-bond acceptors (Lipinski definition) is 1. The molecular weight excluding hydrogens is 555 g/mol. The van der Waals surface area contributed by atoms with Crippen molar-refractivity contribution >= 4 is 0 Å². The second-order valence-corrected chi connectivity index (χ2v) is 8.92. The Morgan fingerprint density at radius 1 is 0.312 bits per heavy atom. The maximum Gasteiger partial charge on any atom is 4.00 e. The third kappa shape index (κ3) is 57.6. The molecule has 2 heteroatoms. The zero-order chi connectivity index (χ0) is 23.0. The molecule has 1 nitrogen and oxygen atoms in total. The fourth-order valence-electron chi connectivity index (χ4n) is 3.40. The topological polar surface area (TPSA) is 30.0 Å². The first kappa shape index (κ1) is 42.9. The van der Waals surface area contributed by atoms with E-state index in [2.05, 4.69) is 41.5 Å². The third-order valence-corrected chi connectivity index (χ3v) is 5.56. The van der Waals surface area contributed by atoms with Gasteiger partial charge in [0.1, 0.15) is 0 Å². The Morgan fingerprint density at radius 3 is 0.625 bits per heavy atom. The first-order valence-corrected chi connectivity index (χ1v) is 14.1. The molecular formula is C30H64HfO. The molecule has 0 heterocycles. The summed E-state index contributed by atoms with van der Waals surface area (Å²) >= 11 is 0. The molecule has 0 spiro atoms. The zero-order valence-corrected chi connectivity index (χ0v) is 26.6. The van der Waals surface area contributed by atoms with E-state index in [0.29, 0.717) is 0 Å². The summed E-state index contributed by atoms with van der Waals surface area (Å²) in [4.78, 5) is 0. The molecule has 0 aliphatic heterocycles. The average molecular weight is 619 g/mol. The Labute approximate surface area is 226 Å². The van der Waals surface area contributed by atoms with Crippen LogP contribution in [-0.2, 0) is 25.8 Å². The van der Waals surface area contributed by atoms with E-state index in [0.717, 1.165) is 19.3 Å². The Kier molecular flexibility index (Phi) is 65.9.